The number of rotatable bonds is 1. The summed E-state index contributed by atoms with van der Waals surface area (Å²) >= 11 is 0. The van der Waals surface area contributed by atoms with Crippen LogP contribution in [0.2, 0.25) is 0 Å². The third-order valence-electron chi connectivity index (χ3n) is 3.85. The Morgan fingerprint density at radius 3 is 2.61 bits per heavy atom. The van der Waals surface area contributed by atoms with E-state index in [0.29, 0.717) is 0 Å². The summed E-state index contributed by atoms with van der Waals surface area (Å²) in [4.78, 5) is 14.3. The van der Waals surface area contributed by atoms with Gasteiger partial charge in [0.2, 0.25) is 0 Å². The van der Waals surface area contributed by atoms with Crippen LogP contribution in [-0.2, 0) is 4.74 Å². The fourth-order valence-electron chi connectivity index (χ4n) is 2.77. The molecule has 4 heteroatoms. The molecule has 2 aliphatic rings. The fraction of sp³-hybridized carbons (Fsp3) is 0.500. The summed E-state index contributed by atoms with van der Waals surface area (Å²) in [7, 11) is 0. The average Bonchev–Trinajstić information content (AvgIpc) is 2.71. The first-order valence-electron chi connectivity index (χ1n) is 6.44. The van der Waals surface area contributed by atoms with Crippen molar-refractivity contribution in [2.75, 3.05) is 18.8 Å². The second-order valence-electron chi connectivity index (χ2n) is 5.24. The van der Waals surface area contributed by atoms with E-state index in [-0.39, 0.29) is 18.1 Å². The molecule has 0 aliphatic carbocycles. The maximum absolute atomic E-state index is 12.4. The third kappa shape index (κ3) is 1.97. The van der Waals surface area contributed by atoms with Gasteiger partial charge < -0.3 is 15.4 Å². The quantitative estimate of drug-likeness (QED) is 0.765. The second kappa shape index (κ2) is 4.28. The predicted octanol–water partition coefficient (Wildman–Crippen LogP) is 1.58. The van der Waals surface area contributed by atoms with Crippen LogP contribution >= 0.6 is 0 Å². The van der Waals surface area contributed by atoms with Gasteiger partial charge in [0.1, 0.15) is 0 Å². The van der Waals surface area contributed by atoms with E-state index in [1.807, 2.05) is 24.0 Å². The Labute approximate surface area is 107 Å². The van der Waals surface area contributed by atoms with E-state index < -0.39 is 0 Å². The van der Waals surface area contributed by atoms with Gasteiger partial charge in [-0.05, 0) is 43.5 Å². The number of nitrogens with two attached hydrogens (primary N) is 1. The summed E-state index contributed by atoms with van der Waals surface area (Å²) in [6.45, 7) is 3.37. The van der Waals surface area contributed by atoms with Crippen molar-refractivity contribution in [3.63, 3.8) is 0 Å². The van der Waals surface area contributed by atoms with Crippen LogP contribution in [0.5, 0.6) is 0 Å². The molecule has 0 radical (unpaired) electrons. The Morgan fingerprint density at radius 1 is 1.33 bits per heavy atom. The minimum Gasteiger partial charge on any atom is -0.399 e. The van der Waals surface area contributed by atoms with Gasteiger partial charge in [0, 0.05) is 24.3 Å². The minimum atomic E-state index is 0.0956. The van der Waals surface area contributed by atoms with Gasteiger partial charge in [0.05, 0.1) is 12.2 Å². The number of nitrogen functional groups attached to an aromatic ring is 1. The molecule has 2 atom stereocenters. The number of fused-ring (bicyclic) bond motifs is 2. The number of morpholine rings is 1. The van der Waals surface area contributed by atoms with Crippen LogP contribution < -0.4 is 5.73 Å². The Balaban J connectivity index is 1.79. The molecule has 0 spiro atoms. The van der Waals surface area contributed by atoms with Crippen LogP contribution in [0.15, 0.2) is 18.2 Å². The van der Waals surface area contributed by atoms with Crippen molar-refractivity contribution in [2.45, 2.75) is 32.0 Å². The predicted molar refractivity (Wildman–Crippen MR) is 69.4 cm³/mol. The maximum Gasteiger partial charge on any atom is 0.254 e. The Morgan fingerprint density at radius 2 is 2.00 bits per heavy atom. The number of likely N-dealkylation sites (tertiary alicyclic amines) is 1. The molecule has 0 aromatic heterocycles. The van der Waals surface area contributed by atoms with Crippen LogP contribution in [0.3, 0.4) is 0 Å². The summed E-state index contributed by atoms with van der Waals surface area (Å²) in [5, 5.41) is 0. The highest BCUT2D eigenvalue weighted by atomic mass is 16.5. The van der Waals surface area contributed by atoms with E-state index in [4.69, 9.17) is 10.5 Å². The molecule has 2 N–H and O–H groups in total. The summed E-state index contributed by atoms with van der Waals surface area (Å²) in [5.41, 5.74) is 8.19. The smallest absolute Gasteiger partial charge is 0.254 e. The van der Waals surface area contributed by atoms with Crippen molar-refractivity contribution >= 4 is 11.6 Å². The molecule has 2 saturated heterocycles. The van der Waals surface area contributed by atoms with Gasteiger partial charge in [-0.25, -0.2) is 0 Å². The van der Waals surface area contributed by atoms with Gasteiger partial charge in [0.25, 0.3) is 5.91 Å². The topological polar surface area (TPSA) is 55.6 Å². The lowest BCUT2D eigenvalue weighted by Crippen LogP contribution is -2.45. The van der Waals surface area contributed by atoms with Crippen molar-refractivity contribution in [3.8, 4) is 0 Å². The van der Waals surface area contributed by atoms with E-state index in [2.05, 4.69) is 0 Å². The molecule has 2 fully saturated rings. The monoisotopic (exact) mass is 246 g/mol. The van der Waals surface area contributed by atoms with Crippen LogP contribution in [0.1, 0.15) is 28.8 Å². The largest absolute Gasteiger partial charge is 0.399 e. The maximum atomic E-state index is 12.4. The molecule has 4 nitrogen and oxygen atoms in total. The normalized spacial score (nSPS) is 26.4. The summed E-state index contributed by atoms with van der Waals surface area (Å²) in [5.74, 6) is 0.0956. The van der Waals surface area contributed by atoms with E-state index >= 15 is 0 Å². The number of aryl methyl sites for hydroxylation is 1. The lowest BCUT2D eigenvalue weighted by atomic mass is 10.1. The summed E-state index contributed by atoms with van der Waals surface area (Å²) < 4.78 is 5.74. The SMILES string of the molecule is Cc1cc(C(=O)N2CC3CCC(C2)O3)ccc1N. The molecule has 3 rings (SSSR count). The van der Waals surface area contributed by atoms with Crippen molar-refractivity contribution in [1.29, 1.82) is 0 Å². The van der Waals surface area contributed by atoms with Crippen molar-refractivity contribution < 1.29 is 9.53 Å². The molecule has 2 heterocycles. The highest BCUT2D eigenvalue weighted by molar-refractivity contribution is 5.95. The molecular formula is C14H18N2O2. The fourth-order valence-corrected chi connectivity index (χ4v) is 2.77. The van der Waals surface area contributed by atoms with Crippen molar-refractivity contribution in [3.05, 3.63) is 29.3 Å². The Hall–Kier alpha value is -1.55. The molecule has 1 aromatic carbocycles. The summed E-state index contributed by atoms with van der Waals surface area (Å²) in [6, 6.07) is 5.48. The molecule has 96 valence electrons. The molecule has 0 saturated carbocycles. The highest BCUT2D eigenvalue weighted by Crippen LogP contribution is 2.27. The number of ether oxygens (including phenoxy) is 1. The average molecular weight is 246 g/mol. The molecule has 1 amide bonds. The van der Waals surface area contributed by atoms with Crippen molar-refractivity contribution in [2.24, 2.45) is 0 Å². The second-order valence-corrected chi connectivity index (χ2v) is 5.24. The standard InChI is InChI=1S/C14H18N2O2/c1-9-6-10(2-5-13(9)15)14(17)16-7-11-3-4-12(8-16)18-11/h2,5-6,11-12H,3-4,7-8,15H2,1H3. The first kappa shape index (κ1) is 11.5. The molecule has 2 bridgehead atoms. The number of nitrogens with zero attached hydrogens (tertiary/aromatic N) is 1. The number of anilines is 1. The Bertz CT molecular complexity index is 475. The number of hydrogen-bond donors (Lipinski definition) is 1. The first-order valence-corrected chi connectivity index (χ1v) is 6.44. The molecule has 18 heavy (non-hydrogen) atoms. The van der Waals surface area contributed by atoms with Crippen LogP contribution in [0, 0.1) is 6.92 Å². The van der Waals surface area contributed by atoms with Gasteiger partial charge in [0.15, 0.2) is 0 Å². The zero-order valence-electron chi connectivity index (χ0n) is 10.6. The van der Waals surface area contributed by atoms with Crippen LogP contribution in [0.4, 0.5) is 5.69 Å². The first-order chi connectivity index (χ1) is 8.63. The number of amides is 1. The van der Waals surface area contributed by atoms with E-state index in [0.717, 1.165) is 42.7 Å². The molecule has 1 aromatic rings. The van der Waals surface area contributed by atoms with Gasteiger partial charge in [-0.3, -0.25) is 4.79 Å². The lowest BCUT2D eigenvalue weighted by Gasteiger charge is -2.32. The van der Waals surface area contributed by atoms with E-state index in [9.17, 15) is 4.79 Å². The number of carbonyl (C=O) groups is 1. The minimum absolute atomic E-state index is 0.0956. The van der Waals surface area contributed by atoms with Gasteiger partial charge in [-0.2, -0.15) is 0 Å². The van der Waals surface area contributed by atoms with Gasteiger partial charge in [-0.15, -0.1) is 0 Å². The van der Waals surface area contributed by atoms with Crippen LogP contribution in [-0.4, -0.2) is 36.1 Å². The third-order valence-corrected chi connectivity index (χ3v) is 3.85. The van der Waals surface area contributed by atoms with E-state index in [1.54, 1.807) is 6.07 Å². The van der Waals surface area contributed by atoms with Gasteiger partial charge in [-0.1, -0.05) is 0 Å². The summed E-state index contributed by atoms with van der Waals surface area (Å²) in [6.07, 6.45) is 2.63. The van der Waals surface area contributed by atoms with Crippen LogP contribution in [0.25, 0.3) is 0 Å². The number of hydrogen-bond acceptors (Lipinski definition) is 3. The lowest BCUT2D eigenvalue weighted by molar-refractivity contribution is -0.0303. The van der Waals surface area contributed by atoms with E-state index in [1.165, 1.54) is 0 Å². The number of carbonyl (C=O) groups excluding carboxylic acids is 1. The van der Waals surface area contributed by atoms with Gasteiger partial charge >= 0.3 is 0 Å². The molecular weight excluding hydrogens is 228 g/mol. The zero-order valence-corrected chi connectivity index (χ0v) is 10.6. The number of benzene rings is 1. The zero-order chi connectivity index (χ0) is 12.7. The molecule has 2 aliphatic heterocycles. The van der Waals surface area contributed by atoms with Crippen molar-refractivity contribution in [1.82, 2.24) is 4.90 Å². The highest BCUT2D eigenvalue weighted by Gasteiger charge is 2.35. The molecule has 2 unspecified atom stereocenters. The Kier molecular flexibility index (Phi) is 2.74.